The summed E-state index contributed by atoms with van der Waals surface area (Å²) >= 11 is 1.20. The summed E-state index contributed by atoms with van der Waals surface area (Å²) in [5, 5.41) is 14.7. The van der Waals surface area contributed by atoms with Gasteiger partial charge in [-0.05, 0) is 49.2 Å². The molecule has 0 aliphatic carbocycles. The molecule has 36 heavy (non-hydrogen) atoms. The highest BCUT2D eigenvalue weighted by Gasteiger charge is 2.41. The Balaban J connectivity index is 1.32. The first-order valence-electron chi connectivity index (χ1n) is 11.2. The number of benzene rings is 2. The summed E-state index contributed by atoms with van der Waals surface area (Å²) in [7, 11) is -3.88. The average Bonchev–Trinajstić information content (AvgIpc) is 3.32. The van der Waals surface area contributed by atoms with Crippen LogP contribution >= 0.6 is 11.3 Å². The second kappa shape index (κ2) is 9.42. The van der Waals surface area contributed by atoms with E-state index in [9.17, 15) is 22.4 Å². The van der Waals surface area contributed by atoms with Crippen LogP contribution in [-0.2, 0) is 21.4 Å². The van der Waals surface area contributed by atoms with Gasteiger partial charge in [0.2, 0.25) is 15.9 Å². The Kier molecular flexibility index (Phi) is 6.29. The van der Waals surface area contributed by atoms with Gasteiger partial charge in [-0.2, -0.15) is 9.57 Å². The van der Waals surface area contributed by atoms with E-state index in [2.05, 4.69) is 15.6 Å². The minimum Gasteiger partial charge on any atom is -0.347 e. The van der Waals surface area contributed by atoms with E-state index in [1.54, 1.807) is 0 Å². The number of amides is 2. The Labute approximate surface area is 210 Å². The van der Waals surface area contributed by atoms with E-state index < -0.39 is 33.7 Å². The molecule has 0 radical (unpaired) electrons. The zero-order valence-electron chi connectivity index (χ0n) is 18.8. The first kappa shape index (κ1) is 24.1. The quantitative estimate of drug-likeness (QED) is 0.537. The zero-order chi connectivity index (χ0) is 25.4. The van der Waals surface area contributed by atoms with E-state index in [0.29, 0.717) is 22.7 Å². The lowest BCUT2D eigenvalue weighted by Crippen LogP contribution is -2.47. The summed E-state index contributed by atoms with van der Waals surface area (Å²) in [6.07, 6.45) is 3.44. The van der Waals surface area contributed by atoms with Gasteiger partial charge in [0.1, 0.15) is 21.8 Å². The fraction of sp³-hybridized carbons (Fsp3) is 0.250. The Morgan fingerprint density at radius 3 is 2.89 bits per heavy atom. The molecule has 184 valence electrons. The third-order valence-electron chi connectivity index (χ3n) is 6.15. The molecule has 5 rings (SSSR count). The van der Waals surface area contributed by atoms with E-state index in [-0.39, 0.29) is 40.4 Å². The first-order chi connectivity index (χ1) is 17.3. The number of nitrogens with zero attached hydrogens (tertiary/aromatic N) is 3. The number of rotatable bonds is 4. The van der Waals surface area contributed by atoms with Crippen molar-refractivity contribution in [1.82, 2.24) is 14.6 Å². The number of carbonyl (C=O) groups excluding carboxylic acids is 2. The van der Waals surface area contributed by atoms with Gasteiger partial charge in [0.15, 0.2) is 0 Å². The van der Waals surface area contributed by atoms with Gasteiger partial charge in [-0.25, -0.2) is 17.8 Å². The smallest absolute Gasteiger partial charge is 0.251 e. The highest BCUT2D eigenvalue weighted by atomic mass is 32.2. The van der Waals surface area contributed by atoms with E-state index in [1.807, 2.05) is 6.07 Å². The molecule has 3 aromatic rings. The highest BCUT2D eigenvalue weighted by Crippen LogP contribution is 2.34. The molecular weight excluding hydrogens is 505 g/mol. The summed E-state index contributed by atoms with van der Waals surface area (Å²) in [6, 6.07) is 9.37. The van der Waals surface area contributed by atoms with Crippen molar-refractivity contribution in [2.45, 2.75) is 36.7 Å². The third-order valence-corrected chi connectivity index (χ3v) is 9.14. The number of hydrogen-bond acceptors (Lipinski definition) is 7. The molecule has 0 spiro atoms. The Morgan fingerprint density at radius 2 is 2.11 bits per heavy atom. The fourth-order valence-corrected chi connectivity index (χ4v) is 7.00. The van der Waals surface area contributed by atoms with Gasteiger partial charge in [0, 0.05) is 28.7 Å². The summed E-state index contributed by atoms with van der Waals surface area (Å²) in [6.45, 7) is 0.400. The van der Waals surface area contributed by atoms with Gasteiger partial charge >= 0.3 is 0 Å². The van der Waals surface area contributed by atoms with Crippen molar-refractivity contribution in [3.8, 4) is 16.6 Å². The topological polar surface area (TPSA) is 132 Å². The van der Waals surface area contributed by atoms with E-state index in [0.717, 1.165) is 12.5 Å². The molecule has 9 nitrogen and oxygen atoms in total. The van der Waals surface area contributed by atoms with Crippen LogP contribution in [0.5, 0.6) is 0 Å². The number of piperidine rings is 1. The second-order valence-electron chi connectivity index (χ2n) is 8.45. The largest absolute Gasteiger partial charge is 0.347 e. The molecule has 1 atom stereocenters. The number of carbonyl (C=O) groups is 2. The first-order valence-corrected chi connectivity index (χ1v) is 13.4. The fourth-order valence-electron chi connectivity index (χ4n) is 4.33. The monoisotopic (exact) mass is 525 g/mol. The number of nitriles is 1. The zero-order valence-corrected chi connectivity index (χ0v) is 20.5. The summed E-state index contributed by atoms with van der Waals surface area (Å²) in [4.78, 5) is 30.3. The second-order valence-corrected chi connectivity index (χ2v) is 11.4. The lowest BCUT2D eigenvalue weighted by Gasteiger charge is -2.31. The number of nitrogens with one attached hydrogen (secondary N) is 2. The van der Waals surface area contributed by atoms with Crippen molar-refractivity contribution in [2.24, 2.45) is 0 Å². The molecule has 1 aromatic heterocycles. The number of anilines is 1. The van der Waals surface area contributed by atoms with Crippen LogP contribution in [0.4, 0.5) is 10.1 Å². The van der Waals surface area contributed by atoms with Gasteiger partial charge in [-0.1, -0.05) is 6.42 Å². The highest BCUT2D eigenvalue weighted by molar-refractivity contribution is 7.89. The number of aromatic nitrogens is 1. The van der Waals surface area contributed by atoms with E-state index >= 15 is 0 Å². The van der Waals surface area contributed by atoms with Gasteiger partial charge in [0.05, 0.1) is 23.9 Å². The van der Waals surface area contributed by atoms with Gasteiger partial charge in [-0.15, -0.1) is 11.3 Å². The average molecular weight is 526 g/mol. The lowest BCUT2D eigenvalue weighted by atomic mass is 10.0. The Bertz CT molecular complexity index is 1530. The molecule has 12 heteroatoms. The van der Waals surface area contributed by atoms with Crippen molar-refractivity contribution >= 4 is 38.9 Å². The Morgan fingerprint density at radius 1 is 1.28 bits per heavy atom. The van der Waals surface area contributed by atoms with Crippen LogP contribution in [0.15, 0.2) is 47.5 Å². The third kappa shape index (κ3) is 4.37. The molecule has 1 unspecified atom stereocenters. The van der Waals surface area contributed by atoms with Crippen LogP contribution in [0, 0.1) is 17.1 Å². The molecule has 1 saturated heterocycles. The summed E-state index contributed by atoms with van der Waals surface area (Å²) in [5.74, 6) is -1.43. The van der Waals surface area contributed by atoms with E-state index in [1.165, 1.54) is 52.2 Å². The molecular formula is C24H20FN5O4S2. The molecule has 1 fully saturated rings. The number of hydrogen-bond donors (Lipinski definition) is 2. The minimum atomic E-state index is -3.88. The van der Waals surface area contributed by atoms with Gasteiger partial charge in [0.25, 0.3) is 5.91 Å². The number of fused-ring (bicyclic) bond motifs is 2. The normalized spacial score (nSPS) is 18.8. The van der Waals surface area contributed by atoms with Crippen LogP contribution in [-0.4, -0.2) is 42.1 Å². The number of sulfonamides is 1. The van der Waals surface area contributed by atoms with Crippen LogP contribution in [0.1, 0.15) is 40.1 Å². The van der Waals surface area contributed by atoms with Gasteiger partial charge < -0.3 is 10.6 Å². The van der Waals surface area contributed by atoms with Crippen LogP contribution in [0.25, 0.3) is 10.6 Å². The maximum absolute atomic E-state index is 14.3. The lowest BCUT2D eigenvalue weighted by molar-refractivity contribution is -0.120. The summed E-state index contributed by atoms with van der Waals surface area (Å²) < 4.78 is 41.8. The molecule has 0 saturated carbocycles. The van der Waals surface area contributed by atoms with Crippen molar-refractivity contribution in [2.75, 3.05) is 11.9 Å². The molecule has 0 bridgehead atoms. The molecule has 2 amide bonds. The standard InChI is InChI=1S/C24H20FN5O4S2/c25-18-9-14(11-26)4-6-17(18)24-28-13-16(35-24)12-27-22(31)15-5-7-21-19(10-15)29-23(32)20-3-1-2-8-30(20)36(21,33)34/h4-7,9-10,13,20H,1-3,8,12H2,(H,27,31)(H,29,32). The van der Waals surface area contributed by atoms with Crippen molar-refractivity contribution < 1.29 is 22.4 Å². The molecule has 2 aliphatic heterocycles. The Hall–Kier alpha value is -3.66. The van der Waals surface area contributed by atoms with E-state index in [4.69, 9.17) is 5.26 Å². The molecule has 2 N–H and O–H groups in total. The predicted molar refractivity (Wildman–Crippen MR) is 130 cm³/mol. The van der Waals surface area contributed by atoms with Crippen molar-refractivity contribution in [1.29, 1.82) is 5.26 Å². The van der Waals surface area contributed by atoms with Crippen LogP contribution in [0.3, 0.4) is 0 Å². The maximum atomic E-state index is 14.3. The van der Waals surface area contributed by atoms with Crippen LogP contribution < -0.4 is 10.6 Å². The van der Waals surface area contributed by atoms with Crippen molar-refractivity contribution in [3.05, 3.63) is 64.4 Å². The molecule has 2 aliphatic rings. The van der Waals surface area contributed by atoms with Crippen LogP contribution in [0.2, 0.25) is 0 Å². The minimum absolute atomic E-state index is 0.0339. The predicted octanol–water partition coefficient (Wildman–Crippen LogP) is 3.25. The number of thiazole rings is 1. The van der Waals surface area contributed by atoms with Gasteiger partial charge in [-0.3, -0.25) is 9.59 Å². The molecule has 3 heterocycles. The summed E-state index contributed by atoms with van der Waals surface area (Å²) in [5.41, 5.74) is 0.738. The number of halogens is 1. The maximum Gasteiger partial charge on any atom is 0.251 e. The molecule has 2 aromatic carbocycles. The SMILES string of the molecule is N#Cc1ccc(-c2ncc(CNC(=O)c3ccc4c(c3)NC(=O)C3CCCCN3S4(=O)=O)s2)c(F)c1. The van der Waals surface area contributed by atoms with Crippen molar-refractivity contribution in [3.63, 3.8) is 0 Å².